The molecule has 0 radical (unpaired) electrons. The fourth-order valence-electron chi connectivity index (χ4n) is 4.56. The predicted molar refractivity (Wildman–Crippen MR) is 115 cm³/mol. The van der Waals surface area contributed by atoms with Gasteiger partial charge in [-0.2, -0.15) is 0 Å². The number of hydrogen-bond acceptors (Lipinski definition) is 4. The van der Waals surface area contributed by atoms with Gasteiger partial charge in [-0.15, -0.1) is 0 Å². The number of aromatic nitrogens is 3. The highest BCUT2D eigenvalue weighted by molar-refractivity contribution is 5.85. The molecule has 1 aliphatic rings. The van der Waals surface area contributed by atoms with Crippen molar-refractivity contribution in [1.29, 1.82) is 0 Å². The average molecular weight is 402 g/mol. The molecule has 7 nitrogen and oxygen atoms in total. The fraction of sp³-hybridized carbons (Fsp3) is 0.217. The van der Waals surface area contributed by atoms with Gasteiger partial charge in [0.05, 0.1) is 11.7 Å². The van der Waals surface area contributed by atoms with Crippen LogP contribution in [-0.2, 0) is 6.42 Å². The van der Waals surface area contributed by atoms with E-state index >= 15 is 0 Å². The quantitative estimate of drug-likeness (QED) is 0.491. The molecular weight excluding hydrogens is 380 g/mol. The number of nitrogens with zero attached hydrogens (tertiary/aromatic N) is 2. The van der Waals surface area contributed by atoms with Crippen LogP contribution in [0.4, 0.5) is 0 Å². The summed E-state index contributed by atoms with van der Waals surface area (Å²) in [6.07, 6.45) is 0.848. The van der Waals surface area contributed by atoms with Crippen LogP contribution in [-0.4, -0.2) is 37.6 Å². The summed E-state index contributed by atoms with van der Waals surface area (Å²) >= 11 is 0. The Balaban J connectivity index is 1.80. The summed E-state index contributed by atoms with van der Waals surface area (Å²) in [6, 6.07) is 16.4. The van der Waals surface area contributed by atoms with E-state index in [1.807, 2.05) is 31.2 Å². The van der Waals surface area contributed by atoms with E-state index in [1.165, 1.54) is 0 Å². The van der Waals surface area contributed by atoms with E-state index in [-0.39, 0.29) is 11.4 Å². The number of fused-ring (bicyclic) bond motifs is 3. The highest BCUT2D eigenvalue weighted by Gasteiger charge is 2.35. The van der Waals surface area contributed by atoms with E-state index in [0.717, 1.165) is 39.7 Å². The lowest BCUT2D eigenvalue weighted by molar-refractivity contribution is 0.215. The molecule has 1 unspecified atom stereocenters. The molecule has 0 spiro atoms. The Hall–Kier alpha value is -3.58. The first-order valence-corrected chi connectivity index (χ1v) is 10.1. The molecule has 3 N–H and O–H groups in total. The third-order valence-corrected chi connectivity index (χ3v) is 5.95. The molecule has 4 aromatic rings. The maximum atomic E-state index is 13.0. The third kappa shape index (κ3) is 2.70. The van der Waals surface area contributed by atoms with Crippen LogP contribution in [0.5, 0.6) is 5.88 Å². The van der Waals surface area contributed by atoms with Crippen LogP contribution in [0.15, 0.2) is 64.2 Å². The van der Waals surface area contributed by atoms with E-state index in [0.29, 0.717) is 12.2 Å². The van der Waals surface area contributed by atoms with Crippen molar-refractivity contribution in [3.05, 3.63) is 92.3 Å². The third-order valence-electron chi connectivity index (χ3n) is 5.95. The molecule has 1 atom stereocenters. The van der Waals surface area contributed by atoms with Gasteiger partial charge < -0.3 is 10.1 Å². The summed E-state index contributed by atoms with van der Waals surface area (Å²) in [4.78, 5) is 33.5. The lowest BCUT2D eigenvalue weighted by atomic mass is 9.93. The zero-order valence-electron chi connectivity index (χ0n) is 16.6. The largest absolute Gasteiger partial charge is 0.494 e. The molecule has 0 aliphatic carbocycles. The molecule has 5 rings (SSSR count). The highest BCUT2D eigenvalue weighted by Crippen LogP contribution is 2.39. The van der Waals surface area contributed by atoms with Gasteiger partial charge in [0.25, 0.3) is 5.56 Å². The smallest absolute Gasteiger partial charge is 0.335 e. The maximum absolute atomic E-state index is 13.0. The van der Waals surface area contributed by atoms with Crippen molar-refractivity contribution >= 4 is 10.9 Å². The summed E-state index contributed by atoms with van der Waals surface area (Å²) in [5, 5.41) is 12.3. The van der Waals surface area contributed by atoms with Gasteiger partial charge in [0.15, 0.2) is 0 Å². The molecule has 0 saturated carbocycles. The number of benzene rings is 2. The van der Waals surface area contributed by atoms with Crippen molar-refractivity contribution in [3.63, 3.8) is 0 Å². The second-order valence-corrected chi connectivity index (χ2v) is 7.51. The van der Waals surface area contributed by atoms with Gasteiger partial charge in [0, 0.05) is 23.1 Å². The van der Waals surface area contributed by atoms with Gasteiger partial charge in [-0.1, -0.05) is 43.3 Å². The van der Waals surface area contributed by atoms with Crippen LogP contribution in [0.1, 0.15) is 29.8 Å². The zero-order valence-corrected chi connectivity index (χ0v) is 16.6. The number of hydrogen-bond donors (Lipinski definition) is 3. The monoisotopic (exact) mass is 402 g/mol. The molecule has 2 aromatic carbocycles. The minimum atomic E-state index is -0.664. The van der Waals surface area contributed by atoms with Gasteiger partial charge in [0.1, 0.15) is 5.56 Å². The summed E-state index contributed by atoms with van der Waals surface area (Å²) in [7, 11) is 0. The van der Waals surface area contributed by atoms with Gasteiger partial charge >= 0.3 is 5.69 Å². The van der Waals surface area contributed by atoms with Crippen LogP contribution in [0.2, 0.25) is 0 Å². The Morgan fingerprint density at radius 3 is 2.53 bits per heavy atom. The van der Waals surface area contributed by atoms with Crippen molar-refractivity contribution < 1.29 is 5.11 Å². The molecule has 30 heavy (non-hydrogen) atoms. The Kier molecular flexibility index (Phi) is 4.33. The molecule has 1 aliphatic heterocycles. The van der Waals surface area contributed by atoms with Crippen molar-refractivity contribution in [2.24, 2.45) is 0 Å². The molecule has 0 amide bonds. The number of aromatic amines is 2. The van der Waals surface area contributed by atoms with Gasteiger partial charge in [-0.3, -0.25) is 14.7 Å². The Labute approximate surface area is 172 Å². The first-order chi connectivity index (χ1) is 14.6. The Bertz CT molecular complexity index is 1350. The standard InChI is InChI=1S/C23H22N4O3/c1-2-26-13-12-16-15-10-6-7-11-17(15)24-19(16)20(26)18-21(28)25-23(30)27(22(18)29)14-8-4-3-5-9-14/h3-11,20,24,29H,2,12-13H2,1H3,(H,25,28,30). The molecule has 7 heteroatoms. The summed E-state index contributed by atoms with van der Waals surface area (Å²) in [5.74, 6) is -0.329. The van der Waals surface area contributed by atoms with Gasteiger partial charge in [-0.05, 0) is 36.7 Å². The summed E-state index contributed by atoms with van der Waals surface area (Å²) in [5.41, 5.74) is 2.47. The summed E-state index contributed by atoms with van der Waals surface area (Å²) < 4.78 is 1.15. The normalized spacial score (nSPS) is 16.6. The highest BCUT2D eigenvalue weighted by atomic mass is 16.3. The molecule has 152 valence electrons. The van der Waals surface area contributed by atoms with E-state index in [2.05, 4.69) is 20.9 Å². The van der Waals surface area contributed by atoms with E-state index < -0.39 is 17.3 Å². The first-order valence-electron chi connectivity index (χ1n) is 10.1. The van der Waals surface area contributed by atoms with Crippen molar-refractivity contribution in [3.8, 4) is 11.6 Å². The number of para-hydroxylation sites is 2. The first kappa shape index (κ1) is 18.4. The lowest BCUT2D eigenvalue weighted by Crippen LogP contribution is -2.41. The SMILES string of the molecule is CCN1CCc2c([nH]c3ccccc23)C1c1c(O)n(-c2ccccc2)c(=O)[nH]c1=O. The zero-order chi connectivity index (χ0) is 20.8. The summed E-state index contributed by atoms with van der Waals surface area (Å²) in [6.45, 7) is 3.47. The van der Waals surface area contributed by atoms with E-state index in [1.54, 1.807) is 24.3 Å². The molecule has 3 heterocycles. The van der Waals surface area contributed by atoms with Crippen molar-refractivity contribution in [2.45, 2.75) is 19.4 Å². The van der Waals surface area contributed by atoms with E-state index in [9.17, 15) is 14.7 Å². The number of nitrogens with one attached hydrogen (secondary N) is 2. The number of likely N-dealkylation sites (N-methyl/N-ethyl adjacent to an activating group) is 1. The fourth-order valence-corrected chi connectivity index (χ4v) is 4.56. The van der Waals surface area contributed by atoms with Gasteiger partial charge in [0.2, 0.25) is 5.88 Å². The average Bonchev–Trinajstić information content (AvgIpc) is 3.13. The van der Waals surface area contributed by atoms with Crippen LogP contribution in [0.25, 0.3) is 16.6 Å². The van der Waals surface area contributed by atoms with Crippen molar-refractivity contribution in [1.82, 2.24) is 19.4 Å². The number of H-pyrrole nitrogens is 2. The topological polar surface area (TPSA) is 94.1 Å². The predicted octanol–water partition coefficient (Wildman–Crippen LogP) is 2.68. The second kappa shape index (κ2) is 7.03. The molecule has 0 fully saturated rings. The van der Waals surface area contributed by atoms with Crippen LogP contribution < -0.4 is 11.2 Å². The number of aromatic hydroxyl groups is 1. The van der Waals surface area contributed by atoms with Crippen LogP contribution in [0, 0.1) is 0 Å². The lowest BCUT2D eigenvalue weighted by Gasteiger charge is -2.35. The van der Waals surface area contributed by atoms with Crippen LogP contribution in [0.3, 0.4) is 0 Å². The molecule has 0 saturated heterocycles. The number of rotatable bonds is 3. The van der Waals surface area contributed by atoms with Crippen molar-refractivity contribution in [2.75, 3.05) is 13.1 Å². The second-order valence-electron chi connectivity index (χ2n) is 7.51. The van der Waals surface area contributed by atoms with Gasteiger partial charge in [-0.25, -0.2) is 9.36 Å². The maximum Gasteiger partial charge on any atom is 0.335 e. The van der Waals surface area contributed by atoms with Crippen LogP contribution >= 0.6 is 0 Å². The Morgan fingerprint density at radius 1 is 1.03 bits per heavy atom. The minimum absolute atomic E-state index is 0.174. The molecular formula is C23H22N4O3. The minimum Gasteiger partial charge on any atom is -0.494 e. The van der Waals surface area contributed by atoms with E-state index in [4.69, 9.17) is 0 Å². The Morgan fingerprint density at radius 2 is 1.77 bits per heavy atom. The molecule has 0 bridgehead atoms. The molecule has 2 aromatic heterocycles.